The number of pyridine rings is 1. The second-order valence-corrected chi connectivity index (χ2v) is 6.60. The second kappa shape index (κ2) is 6.41. The predicted octanol–water partition coefficient (Wildman–Crippen LogP) is 5.49. The molecule has 0 bridgehead atoms. The molecule has 2 heterocycles. The molecule has 1 aromatic carbocycles. The van der Waals surface area contributed by atoms with Crippen LogP contribution in [0, 0.1) is 6.92 Å². The van der Waals surface area contributed by atoms with Gasteiger partial charge < -0.3 is 5.32 Å². The van der Waals surface area contributed by atoms with Gasteiger partial charge >= 0.3 is 0 Å². The zero-order chi connectivity index (χ0) is 14.7. The summed E-state index contributed by atoms with van der Waals surface area (Å²) in [5.41, 5.74) is 4.73. The Kier molecular flexibility index (Phi) is 4.36. The van der Waals surface area contributed by atoms with Gasteiger partial charge in [0.15, 0.2) is 0 Å². The summed E-state index contributed by atoms with van der Waals surface area (Å²) < 4.78 is 0.899. The maximum Gasteiger partial charge on any atom is 0.109 e. The summed E-state index contributed by atoms with van der Waals surface area (Å²) >= 11 is 5.20. The number of aromatic nitrogens is 1. The Hall–Kier alpha value is -1.65. The molecule has 0 saturated carbocycles. The van der Waals surface area contributed by atoms with Crippen LogP contribution in [0.2, 0.25) is 0 Å². The third-order valence-electron chi connectivity index (χ3n) is 3.24. The number of thiophene rings is 1. The Morgan fingerprint density at radius 3 is 2.71 bits per heavy atom. The Bertz CT molecular complexity index is 738. The van der Waals surface area contributed by atoms with Gasteiger partial charge in [0.1, 0.15) is 4.60 Å². The summed E-state index contributed by atoms with van der Waals surface area (Å²) in [4.78, 5) is 5.62. The molecule has 2 nitrogen and oxygen atoms in total. The number of aryl methyl sites for hydroxylation is 1. The number of hydrogen-bond donors (Lipinski definition) is 1. The summed E-state index contributed by atoms with van der Waals surface area (Å²) in [6, 6.07) is 14.8. The molecular formula is C17H15BrN2S. The standard InChI is InChI=1S/C17H15BrN2S/c1-12-7-15(9-20-17(12)18)19-10-16-8-14(11-21-16)13-5-3-2-4-6-13/h2-9,11,19H,10H2,1H3. The summed E-state index contributed by atoms with van der Waals surface area (Å²) in [5.74, 6) is 0. The van der Waals surface area contributed by atoms with Gasteiger partial charge in [0, 0.05) is 11.4 Å². The van der Waals surface area contributed by atoms with Crippen LogP contribution in [0.25, 0.3) is 11.1 Å². The highest BCUT2D eigenvalue weighted by Crippen LogP contribution is 2.26. The molecule has 0 aliphatic heterocycles. The quantitative estimate of drug-likeness (QED) is 0.623. The van der Waals surface area contributed by atoms with Gasteiger partial charge in [-0.1, -0.05) is 30.3 Å². The van der Waals surface area contributed by atoms with Crippen molar-refractivity contribution in [3.05, 3.63) is 69.1 Å². The number of nitrogens with one attached hydrogen (secondary N) is 1. The van der Waals surface area contributed by atoms with Crippen LogP contribution in [0.3, 0.4) is 0 Å². The molecule has 0 saturated heterocycles. The molecule has 0 atom stereocenters. The van der Waals surface area contributed by atoms with Gasteiger partial charge in [-0.15, -0.1) is 11.3 Å². The Morgan fingerprint density at radius 1 is 1.14 bits per heavy atom. The lowest BCUT2D eigenvalue weighted by atomic mass is 10.1. The van der Waals surface area contributed by atoms with Crippen molar-refractivity contribution in [2.24, 2.45) is 0 Å². The van der Waals surface area contributed by atoms with Crippen molar-refractivity contribution >= 4 is 33.0 Å². The van der Waals surface area contributed by atoms with Gasteiger partial charge in [-0.3, -0.25) is 0 Å². The lowest BCUT2D eigenvalue weighted by molar-refractivity contribution is 1.15. The number of rotatable bonds is 4. The first-order chi connectivity index (χ1) is 10.2. The molecule has 0 amide bonds. The molecule has 0 aliphatic carbocycles. The molecule has 21 heavy (non-hydrogen) atoms. The van der Waals surface area contributed by atoms with Crippen molar-refractivity contribution in [1.82, 2.24) is 4.98 Å². The average Bonchev–Trinajstić information content (AvgIpc) is 2.98. The highest BCUT2D eigenvalue weighted by atomic mass is 79.9. The van der Waals surface area contributed by atoms with E-state index in [0.717, 1.165) is 22.4 Å². The van der Waals surface area contributed by atoms with Crippen LogP contribution in [0.1, 0.15) is 10.4 Å². The first-order valence-corrected chi connectivity index (χ1v) is 8.38. The molecule has 0 spiro atoms. The molecule has 3 aromatic rings. The lowest BCUT2D eigenvalue weighted by Gasteiger charge is -2.06. The summed E-state index contributed by atoms with van der Waals surface area (Å²) in [7, 11) is 0. The Balaban J connectivity index is 1.69. The number of halogens is 1. The van der Waals surface area contributed by atoms with E-state index in [1.54, 1.807) is 11.3 Å². The normalized spacial score (nSPS) is 10.6. The van der Waals surface area contributed by atoms with E-state index in [9.17, 15) is 0 Å². The van der Waals surface area contributed by atoms with Gasteiger partial charge in [-0.05, 0) is 57.1 Å². The van der Waals surface area contributed by atoms with Crippen LogP contribution in [-0.4, -0.2) is 4.98 Å². The van der Waals surface area contributed by atoms with Crippen molar-refractivity contribution < 1.29 is 0 Å². The van der Waals surface area contributed by atoms with Crippen molar-refractivity contribution in [2.75, 3.05) is 5.32 Å². The third-order valence-corrected chi connectivity index (χ3v) is 5.01. The fraction of sp³-hybridized carbons (Fsp3) is 0.118. The first kappa shape index (κ1) is 14.3. The zero-order valence-corrected chi connectivity index (χ0v) is 14.0. The average molecular weight is 359 g/mol. The topological polar surface area (TPSA) is 24.9 Å². The molecule has 2 aromatic heterocycles. The minimum atomic E-state index is 0.820. The molecule has 1 N–H and O–H groups in total. The first-order valence-electron chi connectivity index (χ1n) is 6.71. The molecule has 0 fully saturated rings. The highest BCUT2D eigenvalue weighted by Gasteiger charge is 2.03. The van der Waals surface area contributed by atoms with E-state index in [4.69, 9.17) is 0 Å². The Morgan fingerprint density at radius 2 is 1.95 bits per heavy atom. The highest BCUT2D eigenvalue weighted by molar-refractivity contribution is 9.10. The zero-order valence-electron chi connectivity index (χ0n) is 11.6. The summed E-state index contributed by atoms with van der Waals surface area (Å²) in [6.07, 6.45) is 1.85. The van der Waals surface area contributed by atoms with Gasteiger partial charge in [-0.25, -0.2) is 4.98 Å². The van der Waals surface area contributed by atoms with Crippen LogP contribution in [-0.2, 0) is 6.54 Å². The van der Waals surface area contributed by atoms with Crippen molar-refractivity contribution in [2.45, 2.75) is 13.5 Å². The van der Waals surface area contributed by atoms with E-state index < -0.39 is 0 Å². The minimum Gasteiger partial charge on any atom is -0.379 e. The van der Waals surface area contributed by atoms with Crippen LogP contribution in [0.15, 0.2) is 58.6 Å². The number of benzene rings is 1. The predicted molar refractivity (Wildman–Crippen MR) is 93.8 cm³/mol. The van der Waals surface area contributed by atoms with Gasteiger partial charge in [0.05, 0.1) is 11.9 Å². The van der Waals surface area contributed by atoms with Crippen molar-refractivity contribution in [3.63, 3.8) is 0 Å². The van der Waals surface area contributed by atoms with E-state index in [-0.39, 0.29) is 0 Å². The van der Waals surface area contributed by atoms with E-state index in [2.05, 4.69) is 68.0 Å². The van der Waals surface area contributed by atoms with Gasteiger partial charge in [0.2, 0.25) is 0 Å². The molecule has 0 aliphatic rings. The maximum absolute atomic E-state index is 4.30. The molecule has 4 heteroatoms. The van der Waals surface area contributed by atoms with Crippen LogP contribution >= 0.6 is 27.3 Å². The van der Waals surface area contributed by atoms with Crippen LogP contribution in [0.5, 0.6) is 0 Å². The molecule has 106 valence electrons. The molecular weight excluding hydrogens is 344 g/mol. The second-order valence-electron chi connectivity index (χ2n) is 4.85. The van der Waals surface area contributed by atoms with Crippen LogP contribution in [0.4, 0.5) is 5.69 Å². The number of nitrogens with zero attached hydrogens (tertiary/aromatic N) is 1. The largest absolute Gasteiger partial charge is 0.379 e. The fourth-order valence-corrected chi connectivity index (χ4v) is 3.15. The fourth-order valence-electron chi connectivity index (χ4n) is 2.10. The minimum absolute atomic E-state index is 0.820. The number of hydrogen-bond acceptors (Lipinski definition) is 3. The summed E-state index contributed by atoms with van der Waals surface area (Å²) in [5, 5.41) is 5.63. The van der Waals surface area contributed by atoms with Crippen molar-refractivity contribution in [1.29, 1.82) is 0 Å². The van der Waals surface area contributed by atoms with Gasteiger partial charge in [-0.2, -0.15) is 0 Å². The smallest absolute Gasteiger partial charge is 0.109 e. The maximum atomic E-state index is 4.30. The number of anilines is 1. The van der Waals surface area contributed by atoms with E-state index in [1.807, 2.05) is 19.2 Å². The third kappa shape index (κ3) is 3.52. The monoisotopic (exact) mass is 358 g/mol. The van der Waals surface area contributed by atoms with Crippen LogP contribution < -0.4 is 5.32 Å². The van der Waals surface area contributed by atoms with E-state index in [1.165, 1.54) is 16.0 Å². The lowest BCUT2D eigenvalue weighted by Crippen LogP contribution is -1.98. The molecule has 3 rings (SSSR count). The Labute approximate surface area is 137 Å². The molecule has 0 unspecified atom stereocenters. The molecule has 0 radical (unpaired) electrons. The SMILES string of the molecule is Cc1cc(NCc2cc(-c3ccccc3)cs2)cnc1Br. The van der Waals surface area contributed by atoms with Gasteiger partial charge in [0.25, 0.3) is 0 Å². The van der Waals surface area contributed by atoms with E-state index in [0.29, 0.717) is 0 Å². The summed E-state index contributed by atoms with van der Waals surface area (Å²) in [6.45, 7) is 2.86. The van der Waals surface area contributed by atoms with Crippen molar-refractivity contribution in [3.8, 4) is 11.1 Å². The van der Waals surface area contributed by atoms with E-state index >= 15 is 0 Å².